The normalized spacial score (nSPS) is 11.3. The van der Waals surface area contributed by atoms with Crippen LogP contribution in [0.4, 0.5) is 0 Å². The van der Waals surface area contributed by atoms with Gasteiger partial charge in [-0.1, -0.05) is 17.7 Å². The lowest BCUT2D eigenvalue weighted by Gasteiger charge is -2.26. The molecule has 1 N–H and O–H groups in total. The van der Waals surface area contributed by atoms with Gasteiger partial charge in [-0.05, 0) is 44.9 Å². The average Bonchev–Trinajstić information content (AvgIpc) is 2.20. The Balaban J connectivity index is 2.74. The second-order valence-electron chi connectivity index (χ2n) is 4.69. The van der Waals surface area contributed by atoms with E-state index >= 15 is 0 Å². The van der Waals surface area contributed by atoms with Crippen molar-refractivity contribution in [3.05, 3.63) is 28.8 Å². The summed E-state index contributed by atoms with van der Waals surface area (Å²) in [5, 5.41) is 9.20. The number of carboxylic acid groups (broad SMARTS) is 1. The zero-order valence-corrected chi connectivity index (χ0v) is 11.0. The van der Waals surface area contributed by atoms with Gasteiger partial charge in [-0.2, -0.15) is 0 Å². The van der Waals surface area contributed by atoms with Gasteiger partial charge in [-0.25, -0.2) is 0 Å². The van der Waals surface area contributed by atoms with E-state index in [2.05, 4.69) is 0 Å². The summed E-state index contributed by atoms with van der Waals surface area (Å²) in [7, 11) is 0. The van der Waals surface area contributed by atoms with Gasteiger partial charge in [0.2, 0.25) is 0 Å². The van der Waals surface area contributed by atoms with Gasteiger partial charge in [-0.3, -0.25) is 4.79 Å². The maximum absolute atomic E-state index is 10.5. The van der Waals surface area contributed by atoms with E-state index in [1.807, 2.05) is 32.9 Å². The van der Waals surface area contributed by atoms with Crippen LogP contribution in [0.2, 0.25) is 5.02 Å². The maximum atomic E-state index is 10.5. The fourth-order valence-corrected chi connectivity index (χ4v) is 1.60. The minimum absolute atomic E-state index is 0.0798. The van der Waals surface area contributed by atoms with Crippen LogP contribution in [0.15, 0.2) is 18.2 Å². The average molecular weight is 257 g/mol. The largest absolute Gasteiger partial charge is 0.486 e. The summed E-state index contributed by atoms with van der Waals surface area (Å²) >= 11 is 6.02. The lowest BCUT2D eigenvalue weighted by molar-refractivity contribution is -0.138. The van der Waals surface area contributed by atoms with Crippen LogP contribution in [-0.2, 0) is 4.79 Å². The molecule has 0 heterocycles. The van der Waals surface area contributed by atoms with E-state index in [9.17, 15) is 4.79 Å². The SMILES string of the molecule is Cc1ccc(Cl)c(OC(C)(C)CCC(=O)O)c1. The fraction of sp³-hybridized carbons (Fsp3) is 0.462. The number of rotatable bonds is 5. The second-order valence-corrected chi connectivity index (χ2v) is 5.10. The first-order valence-electron chi connectivity index (χ1n) is 5.47. The number of benzene rings is 1. The van der Waals surface area contributed by atoms with Gasteiger partial charge >= 0.3 is 5.97 Å². The van der Waals surface area contributed by atoms with Gasteiger partial charge in [0.15, 0.2) is 0 Å². The molecule has 0 bridgehead atoms. The fourth-order valence-electron chi connectivity index (χ4n) is 1.45. The molecule has 0 spiro atoms. The van der Waals surface area contributed by atoms with Crippen LogP contribution in [0.5, 0.6) is 5.75 Å². The highest BCUT2D eigenvalue weighted by Crippen LogP contribution is 2.30. The Hall–Kier alpha value is -1.22. The van der Waals surface area contributed by atoms with E-state index in [1.54, 1.807) is 6.07 Å². The molecule has 0 atom stereocenters. The molecule has 1 rings (SSSR count). The molecule has 0 unspecified atom stereocenters. The van der Waals surface area contributed by atoms with Gasteiger partial charge in [0.05, 0.1) is 5.02 Å². The number of hydrogen-bond acceptors (Lipinski definition) is 2. The molecule has 0 amide bonds. The molecule has 0 saturated carbocycles. The molecule has 0 aliphatic rings. The molecule has 94 valence electrons. The van der Waals surface area contributed by atoms with Crippen LogP contribution in [0.1, 0.15) is 32.3 Å². The Morgan fingerprint density at radius 1 is 1.47 bits per heavy atom. The van der Waals surface area contributed by atoms with Crippen molar-refractivity contribution in [3.63, 3.8) is 0 Å². The molecule has 17 heavy (non-hydrogen) atoms. The van der Waals surface area contributed by atoms with Gasteiger partial charge in [-0.15, -0.1) is 0 Å². The van der Waals surface area contributed by atoms with Gasteiger partial charge < -0.3 is 9.84 Å². The number of aryl methyl sites for hydroxylation is 1. The third-order valence-electron chi connectivity index (χ3n) is 2.41. The van der Waals surface area contributed by atoms with Gasteiger partial charge in [0.1, 0.15) is 11.4 Å². The summed E-state index contributed by atoms with van der Waals surface area (Å²) in [6.45, 7) is 5.66. The Morgan fingerprint density at radius 2 is 2.12 bits per heavy atom. The first-order chi connectivity index (χ1) is 7.80. The molecule has 1 aromatic carbocycles. The van der Waals surface area contributed by atoms with E-state index in [0.29, 0.717) is 17.2 Å². The summed E-state index contributed by atoms with van der Waals surface area (Å²) in [6, 6.07) is 5.53. The minimum atomic E-state index is -0.822. The maximum Gasteiger partial charge on any atom is 0.303 e. The minimum Gasteiger partial charge on any atom is -0.486 e. The Kier molecular flexibility index (Phi) is 4.40. The van der Waals surface area contributed by atoms with E-state index < -0.39 is 11.6 Å². The van der Waals surface area contributed by atoms with Crippen LogP contribution in [-0.4, -0.2) is 16.7 Å². The summed E-state index contributed by atoms with van der Waals surface area (Å²) in [4.78, 5) is 10.5. The Bertz CT molecular complexity index is 413. The zero-order valence-electron chi connectivity index (χ0n) is 10.3. The first-order valence-corrected chi connectivity index (χ1v) is 5.85. The van der Waals surface area contributed by atoms with Crippen molar-refractivity contribution in [3.8, 4) is 5.75 Å². The molecular formula is C13H17ClO3. The molecule has 0 radical (unpaired) electrons. The molecule has 1 aromatic rings. The summed E-state index contributed by atoms with van der Waals surface area (Å²) in [5.41, 5.74) is 0.508. The number of ether oxygens (including phenoxy) is 1. The molecule has 3 nitrogen and oxygen atoms in total. The number of carboxylic acids is 1. The Morgan fingerprint density at radius 3 is 2.71 bits per heavy atom. The quantitative estimate of drug-likeness (QED) is 0.874. The standard InChI is InChI=1S/C13H17ClO3/c1-9-4-5-10(14)11(8-9)17-13(2,3)7-6-12(15)16/h4-5,8H,6-7H2,1-3H3,(H,15,16). The highest BCUT2D eigenvalue weighted by Gasteiger charge is 2.22. The Labute approximate surface area is 106 Å². The smallest absolute Gasteiger partial charge is 0.303 e. The van der Waals surface area contributed by atoms with Gasteiger partial charge in [0.25, 0.3) is 0 Å². The second kappa shape index (κ2) is 5.41. The highest BCUT2D eigenvalue weighted by atomic mass is 35.5. The van der Waals surface area contributed by atoms with Crippen LogP contribution in [0.25, 0.3) is 0 Å². The monoisotopic (exact) mass is 256 g/mol. The van der Waals surface area contributed by atoms with Crippen molar-refractivity contribution in [1.82, 2.24) is 0 Å². The van der Waals surface area contributed by atoms with E-state index in [-0.39, 0.29) is 6.42 Å². The summed E-state index contributed by atoms with van der Waals surface area (Å²) < 4.78 is 5.77. The van der Waals surface area contributed by atoms with Gasteiger partial charge in [0, 0.05) is 6.42 Å². The molecule has 0 aliphatic carbocycles. The topological polar surface area (TPSA) is 46.5 Å². The molecule has 0 aromatic heterocycles. The number of carbonyl (C=O) groups is 1. The number of hydrogen-bond donors (Lipinski definition) is 1. The first kappa shape index (κ1) is 13.8. The summed E-state index contributed by atoms with van der Waals surface area (Å²) in [5.74, 6) is -0.223. The zero-order chi connectivity index (χ0) is 13.1. The van der Waals surface area contributed by atoms with E-state index in [0.717, 1.165) is 5.56 Å². The van der Waals surface area contributed by atoms with Crippen molar-refractivity contribution < 1.29 is 14.6 Å². The van der Waals surface area contributed by atoms with Crippen LogP contribution >= 0.6 is 11.6 Å². The summed E-state index contributed by atoms with van der Waals surface area (Å²) in [6.07, 6.45) is 0.517. The lowest BCUT2D eigenvalue weighted by Crippen LogP contribution is -2.29. The van der Waals surface area contributed by atoms with E-state index in [4.69, 9.17) is 21.4 Å². The third-order valence-corrected chi connectivity index (χ3v) is 2.73. The molecule has 0 fully saturated rings. The number of halogens is 1. The molecule has 0 aliphatic heterocycles. The highest BCUT2D eigenvalue weighted by molar-refractivity contribution is 6.32. The lowest BCUT2D eigenvalue weighted by atomic mass is 10.0. The van der Waals surface area contributed by atoms with E-state index in [1.165, 1.54) is 0 Å². The number of aliphatic carboxylic acids is 1. The molecule has 4 heteroatoms. The van der Waals surface area contributed by atoms with Crippen LogP contribution in [0, 0.1) is 6.92 Å². The van der Waals surface area contributed by atoms with Crippen molar-refractivity contribution in [2.24, 2.45) is 0 Å². The predicted molar refractivity (Wildman–Crippen MR) is 67.8 cm³/mol. The molecule has 0 saturated heterocycles. The van der Waals surface area contributed by atoms with Crippen molar-refractivity contribution >= 4 is 17.6 Å². The van der Waals surface area contributed by atoms with Crippen molar-refractivity contribution in [2.75, 3.05) is 0 Å². The van der Waals surface area contributed by atoms with Crippen molar-refractivity contribution in [1.29, 1.82) is 0 Å². The molecular weight excluding hydrogens is 240 g/mol. The predicted octanol–water partition coefficient (Wildman–Crippen LogP) is 3.67. The van der Waals surface area contributed by atoms with Crippen LogP contribution < -0.4 is 4.74 Å². The third kappa shape index (κ3) is 4.65. The van der Waals surface area contributed by atoms with Crippen molar-refractivity contribution in [2.45, 2.75) is 39.2 Å². The van der Waals surface area contributed by atoms with Crippen LogP contribution in [0.3, 0.4) is 0 Å².